The van der Waals surface area contributed by atoms with Crippen LogP contribution < -0.4 is 5.32 Å². The molecule has 3 aliphatic rings. The second-order valence-corrected chi connectivity index (χ2v) is 10.8. The van der Waals surface area contributed by atoms with E-state index in [0.717, 1.165) is 81.5 Å². The van der Waals surface area contributed by atoms with E-state index in [1.807, 2.05) is 4.90 Å². The molecule has 3 heterocycles. The van der Waals surface area contributed by atoms with Crippen molar-refractivity contribution >= 4 is 33.3 Å². The van der Waals surface area contributed by atoms with Crippen molar-refractivity contribution in [1.82, 2.24) is 19.8 Å². The number of hydrogen-bond donors (Lipinski definition) is 2. The number of nitrogens with zero attached hydrogens (tertiary/aromatic N) is 4. The Morgan fingerprint density at radius 1 is 1.22 bits per heavy atom. The molecular weight excluding hydrogens is 422 g/mol. The molecule has 1 amide bonds. The third-order valence-electron chi connectivity index (χ3n) is 7.71. The predicted octanol–water partition coefficient (Wildman–Crippen LogP) is 3.38. The molecule has 2 N–H and O–H groups in total. The summed E-state index contributed by atoms with van der Waals surface area (Å²) in [6, 6.07) is 0.879. The van der Waals surface area contributed by atoms with Crippen molar-refractivity contribution < 1.29 is 9.90 Å². The molecule has 5 rings (SSSR count). The predicted molar refractivity (Wildman–Crippen MR) is 128 cm³/mol. The minimum Gasteiger partial charge on any atom is -0.396 e. The number of aliphatic hydroxyl groups is 1. The highest BCUT2D eigenvalue weighted by Gasteiger charge is 2.31. The van der Waals surface area contributed by atoms with Crippen molar-refractivity contribution in [2.45, 2.75) is 75.8 Å². The fraction of sp³-hybridized carbons (Fsp3) is 0.708. The van der Waals surface area contributed by atoms with Crippen LogP contribution in [0.25, 0.3) is 10.2 Å². The van der Waals surface area contributed by atoms with Crippen molar-refractivity contribution in [3.05, 3.63) is 16.8 Å². The topological polar surface area (TPSA) is 81.6 Å². The van der Waals surface area contributed by atoms with Crippen molar-refractivity contribution in [3.63, 3.8) is 0 Å². The Balaban J connectivity index is 1.21. The van der Waals surface area contributed by atoms with Gasteiger partial charge in [-0.25, -0.2) is 9.97 Å². The summed E-state index contributed by atoms with van der Waals surface area (Å²) in [5.74, 6) is 1.68. The van der Waals surface area contributed by atoms with Gasteiger partial charge in [0.25, 0.3) is 0 Å². The number of fused-ring (bicyclic) bond motifs is 3. The molecular formula is C24H35N5O2S. The van der Waals surface area contributed by atoms with Crippen LogP contribution in [0.3, 0.4) is 0 Å². The van der Waals surface area contributed by atoms with Crippen LogP contribution in [-0.4, -0.2) is 76.2 Å². The van der Waals surface area contributed by atoms with E-state index in [1.54, 1.807) is 17.7 Å². The van der Waals surface area contributed by atoms with Crippen LogP contribution in [0.15, 0.2) is 6.33 Å². The van der Waals surface area contributed by atoms with Crippen LogP contribution in [0.5, 0.6) is 0 Å². The Hall–Kier alpha value is -1.77. The Bertz CT molecular complexity index is 949. The SMILES string of the molecule is CN(CC(=O)N1CCCC1)[C@H]1CC[C@H](Nc2ncnc3sc4c(c23)[C@@H](CCO)CC4)CC1. The van der Waals surface area contributed by atoms with Gasteiger partial charge >= 0.3 is 0 Å². The molecule has 2 aromatic heterocycles. The number of amides is 1. The fourth-order valence-corrected chi connectivity index (χ4v) is 7.13. The first kappa shape index (κ1) is 22.0. The van der Waals surface area contributed by atoms with Crippen LogP contribution in [-0.2, 0) is 11.2 Å². The van der Waals surface area contributed by atoms with E-state index >= 15 is 0 Å². The highest BCUT2D eigenvalue weighted by molar-refractivity contribution is 7.19. The van der Waals surface area contributed by atoms with Gasteiger partial charge in [-0.3, -0.25) is 9.69 Å². The lowest BCUT2D eigenvalue weighted by Crippen LogP contribution is -2.44. The molecule has 8 heteroatoms. The average molecular weight is 458 g/mol. The molecule has 0 radical (unpaired) electrons. The van der Waals surface area contributed by atoms with Gasteiger partial charge in [0.15, 0.2) is 0 Å². The molecule has 0 bridgehead atoms. The fourth-order valence-electron chi connectivity index (χ4n) is 5.89. The minimum atomic E-state index is 0.232. The van der Waals surface area contributed by atoms with E-state index in [0.29, 0.717) is 24.5 Å². The maximum atomic E-state index is 12.5. The average Bonchev–Trinajstić information content (AvgIpc) is 3.53. The second kappa shape index (κ2) is 9.61. The molecule has 1 atom stereocenters. The molecule has 174 valence electrons. The van der Waals surface area contributed by atoms with Crippen molar-refractivity contribution in [3.8, 4) is 0 Å². The van der Waals surface area contributed by atoms with Crippen molar-refractivity contribution in [2.75, 3.05) is 38.6 Å². The summed E-state index contributed by atoms with van der Waals surface area (Å²) in [4.78, 5) is 28.5. The molecule has 2 aliphatic carbocycles. The first-order chi connectivity index (χ1) is 15.6. The van der Waals surface area contributed by atoms with Crippen LogP contribution in [0.2, 0.25) is 0 Å². The number of thiophene rings is 1. The summed E-state index contributed by atoms with van der Waals surface area (Å²) in [6.07, 6.45) is 11.4. The summed E-state index contributed by atoms with van der Waals surface area (Å²) < 4.78 is 0. The zero-order valence-electron chi connectivity index (χ0n) is 19.1. The molecule has 32 heavy (non-hydrogen) atoms. The largest absolute Gasteiger partial charge is 0.396 e. The number of aliphatic hydroxyl groups excluding tert-OH is 1. The Kier molecular flexibility index (Phi) is 6.62. The Morgan fingerprint density at radius 2 is 2.00 bits per heavy atom. The standard InChI is InChI=1S/C24H35N5O2S/c1-28(14-20(31)29-11-2-3-12-29)18-7-5-17(6-8-18)27-23-22-21-16(10-13-30)4-9-19(21)32-24(22)26-15-25-23/h15-18,30H,2-14H2,1H3,(H,25,26,27)/t16-,17-,18-/m1/s1. The van der Waals surface area contributed by atoms with E-state index in [2.05, 4.69) is 27.2 Å². The number of aromatic nitrogens is 2. The summed E-state index contributed by atoms with van der Waals surface area (Å²) in [7, 11) is 2.11. The normalized spacial score (nSPS) is 25.6. The lowest BCUT2D eigenvalue weighted by atomic mass is 9.90. The Morgan fingerprint density at radius 3 is 2.75 bits per heavy atom. The van der Waals surface area contributed by atoms with Crippen LogP contribution in [0, 0.1) is 0 Å². The van der Waals surface area contributed by atoms with Gasteiger partial charge in [0.1, 0.15) is 17.0 Å². The number of carbonyl (C=O) groups is 1. The molecule has 0 spiro atoms. The van der Waals surface area contributed by atoms with Gasteiger partial charge < -0.3 is 15.3 Å². The first-order valence-corrected chi connectivity index (χ1v) is 13.1. The molecule has 1 saturated carbocycles. The van der Waals surface area contributed by atoms with Crippen LogP contribution >= 0.6 is 11.3 Å². The highest BCUT2D eigenvalue weighted by atomic mass is 32.1. The monoisotopic (exact) mass is 457 g/mol. The first-order valence-electron chi connectivity index (χ1n) is 12.3. The molecule has 7 nitrogen and oxygen atoms in total. The number of nitrogens with one attached hydrogen (secondary N) is 1. The molecule has 2 aromatic rings. The van der Waals surface area contributed by atoms with Gasteiger partial charge in [-0.2, -0.15) is 0 Å². The van der Waals surface area contributed by atoms with Gasteiger partial charge in [-0.15, -0.1) is 11.3 Å². The number of aryl methyl sites for hydroxylation is 1. The van der Waals surface area contributed by atoms with Crippen LogP contribution in [0.1, 0.15) is 67.7 Å². The third-order valence-corrected chi connectivity index (χ3v) is 8.89. The number of carbonyl (C=O) groups excluding carboxylic acids is 1. The zero-order valence-corrected chi connectivity index (χ0v) is 19.9. The molecule has 0 unspecified atom stereocenters. The molecule has 2 fully saturated rings. The van der Waals surface area contributed by atoms with Crippen molar-refractivity contribution in [2.24, 2.45) is 0 Å². The van der Waals surface area contributed by atoms with Crippen LogP contribution in [0.4, 0.5) is 5.82 Å². The molecule has 1 saturated heterocycles. The number of anilines is 1. The number of hydrogen-bond acceptors (Lipinski definition) is 7. The molecule has 1 aliphatic heterocycles. The van der Waals surface area contributed by atoms with E-state index in [-0.39, 0.29) is 12.5 Å². The van der Waals surface area contributed by atoms with Gasteiger partial charge in [-0.05, 0) is 76.3 Å². The van der Waals surface area contributed by atoms with E-state index in [9.17, 15) is 9.90 Å². The van der Waals surface area contributed by atoms with Gasteiger partial charge in [0, 0.05) is 36.7 Å². The summed E-state index contributed by atoms with van der Waals surface area (Å²) in [5, 5.41) is 14.4. The third kappa shape index (κ3) is 4.37. The lowest BCUT2D eigenvalue weighted by Gasteiger charge is -2.35. The highest BCUT2D eigenvalue weighted by Crippen LogP contribution is 2.46. The summed E-state index contributed by atoms with van der Waals surface area (Å²) in [6.45, 7) is 2.64. The van der Waals surface area contributed by atoms with Gasteiger partial charge in [-0.1, -0.05) is 0 Å². The smallest absolute Gasteiger partial charge is 0.236 e. The molecule has 0 aromatic carbocycles. The van der Waals surface area contributed by atoms with Crippen molar-refractivity contribution in [1.29, 1.82) is 0 Å². The van der Waals surface area contributed by atoms with E-state index < -0.39 is 0 Å². The van der Waals surface area contributed by atoms with E-state index in [4.69, 9.17) is 0 Å². The van der Waals surface area contributed by atoms with Gasteiger partial charge in [0.05, 0.1) is 11.9 Å². The lowest BCUT2D eigenvalue weighted by molar-refractivity contribution is -0.131. The quantitative estimate of drug-likeness (QED) is 0.663. The number of likely N-dealkylation sites (tertiary alicyclic amines) is 1. The maximum absolute atomic E-state index is 12.5. The summed E-state index contributed by atoms with van der Waals surface area (Å²) in [5.41, 5.74) is 1.39. The van der Waals surface area contributed by atoms with E-state index in [1.165, 1.54) is 15.8 Å². The number of rotatable bonds is 7. The summed E-state index contributed by atoms with van der Waals surface area (Å²) >= 11 is 1.80. The maximum Gasteiger partial charge on any atom is 0.236 e. The zero-order chi connectivity index (χ0) is 22.1. The minimum absolute atomic E-state index is 0.232. The Labute approximate surface area is 194 Å². The second-order valence-electron chi connectivity index (χ2n) is 9.74. The van der Waals surface area contributed by atoms with Gasteiger partial charge in [0.2, 0.25) is 5.91 Å². The number of likely N-dealkylation sites (N-methyl/N-ethyl adjacent to an activating group) is 1.